The second kappa shape index (κ2) is 12.2. The average Bonchev–Trinajstić information content (AvgIpc) is 2.86. The van der Waals surface area contributed by atoms with Gasteiger partial charge in [-0.2, -0.15) is 0 Å². The summed E-state index contributed by atoms with van der Waals surface area (Å²) in [5.41, 5.74) is 7.23. The molecule has 0 saturated carbocycles. The van der Waals surface area contributed by atoms with Crippen molar-refractivity contribution >= 4 is 34.2 Å². The molecule has 0 fully saturated rings. The van der Waals surface area contributed by atoms with Gasteiger partial charge in [-0.15, -0.1) is 0 Å². The third kappa shape index (κ3) is 7.05. The molecule has 0 saturated heterocycles. The third-order valence-corrected chi connectivity index (χ3v) is 5.71. The lowest BCUT2D eigenvalue weighted by atomic mass is 10.0. The predicted octanol–water partition coefficient (Wildman–Crippen LogP) is 3.98. The van der Waals surface area contributed by atoms with Crippen LogP contribution in [0.15, 0.2) is 60.7 Å². The molecule has 36 heavy (non-hydrogen) atoms. The normalized spacial score (nSPS) is 12.7. The number of hydrogen-bond donors (Lipinski definition) is 4. The van der Waals surface area contributed by atoms with Crippen LogP contribution in [0, 0.1) is 5.92 Å². The van der Waals surface area contributed by atoms with Crippen LogP contribution in [0.25, 0.3) is 10.8 Å². The number of fused-ring (bicyclic) bond motifs is 1. The molecular formula is C28H33N3O5. The Morgan fingerprint density at radius 2 is 1.72 bits per heavy atom. The topological polar surface area (TPSA) is 131 Å². The Balaban J connectivity index is 1.79. The lowest BCUT2D eigenvalue weighted by molar-refractivity contribution is -0.139. The fourth-order valence-electron chi connectivity index (χ4n) is 3.60. The fraction of sp³-hybridized carbons (Fsp3) is 0.321. The smallest absolute Gasteiger partial charge is 0.326 e. The summed E-state index contributed by atoms with van der Waals surface area (Å²) in [5.74, 6) is -1.52. The Morgan fingerprint density at radius 1 is 1.00 bits per heavy atom. The quantitative estimate of drug-likeness (QED) is 0.321. The van der Waals surface area contributed by atoms with Crippen molar-refractivity contribution in [3.63, 3.8) is 0 Å². The van der Waals surface area contributed by atoms with Crippen LogP contribution in [0.4, 0.5) is 5.69 Å². The van der Waals surface area contributed by atoms with Gasteiger partial charge in [0.1, 0.15) is 11.8 Å². The van der Waals surface area contributed by atoms with Gasteiger partial charge in [-0.1, -0.05) is 63.2 Å². The molecule has 0 aliphatic carbocycles. The van der Waals surface area contributed by atoms with Gasteiger partial charge in [0.25, 0.3) is 5.91 Å². The summed E-state index contributed by atoms with van der Waals surface area (Å²) in [6.45, 7) is 6.14. The molecule has 190 valence electrons. The molecule has 0 unspecified atom stereocenters. The maximum atomic E-state index is 13.0. The van der Waals surface area contributed by atoms with Gasteiger partial charge in [-0.25, -0.2) is 4.79 Å². The molecule has 2 amide bonds. The minimum Gasteiger partial charge on any atom is -0.491 e. The molecule has 8 nitrogen and oxygen atoms in total. The zero-order valence-corrected chi connectivity index (χ0v) is 20.8. The van der Waals surface area contributed by atoms with Crippen LogP contribution in [-0.4, -0.2) is 41.6 Å². The van der Waals surface area contributed by atoms with Gasteiger partial charge in [0.15, 0.2) is 0 Å². The number of nitrogens with two attached hydrogens (primary N) is 1. The van der Waals surface area contributed by atoms with Crippen molar-refractivity contribution in [3.05, 3.63) is 71.8 Å². The number of carbonyl (C=O) groups is 3. The highest BCUT2D eigenvalue weighted by atomic mass is 16.5. The van der Waals surface area contributed by atoms with Crippen LogP contribution in [-0.2, 0) is 16.0 Å². The van der Waals surface area contributed by atoms with Crippen LogP contribution >= 0.6 is 0 Å². The van der Waals surface area contributed by atoms with E-state index in [0.29, 0.717) is 24.5 Å². The summed E-state index contributed by atoms with van der Waals surface area (Å²) in [6.07, 6.45) is 0.605. The number of ether oxygens (including phenoxy) is 1. The van der Waals surface area contributed by atoms with Crippen LogP contribution in [0.5, 0.6) is 5.75 Å². The van der Waals surface area contributed by atoms with Crippen molar-refractivity contribution in [2.24, 2.45) is 11.7 Å². The molecule has 5 N–H and O–H groups in total. The number of carboxylic acid groups (broad SMARTS) is 1. The van der Waals surface area contributed by atoms with Gasteiger partial charge in [0.05, 0.1) is 18.3 Å². The number of benzene rings is 3. The summed E-state index contributed by atoms with van der Waals surface area (Å²) in [7, 11) is 0. The molecule has 0 aliphatic rings. The Morgan fingerprint density at radius 3 is 2.39 bits per heavy atom. The first kappa shape index (κ1) is 26.7. The second-order valence-corrected chi connectivity index (χ2v) is 9.17. The number of nitrogens with one attached hydrogen (secondary N) is 2. The van der Waals surface area contributed by atoms with Gasteiger partial charge < -0.3 is 26.2 Å². The lowest BCUT2D eigenvalue weighted by Gasteiger charge is -2.18. The van der Waals surface area contributed by atoms with Crippen LogP contribution in [0.3, 0.4) is 0 Å². The first-order valence-electron chi connectivity index (χ1n) is 12.0. The van der Waals surface area contributed by atoms with E-state index in [1.54, 1.807) is 6.07 Å². The monoisotopic (exact) mass is 491 g/mol. The zero-order chi connectivity index (χ0) is 26.2. The van der Waals surface area contributed by atoms with Gasteiger partial charge >= 0.3 is 5.97 Å². The molecule has 0 radical (unpaired) electrons. The Labute approximate surface area is 210 Å². The number of aliphatic carboxylic acids is 1. The van der Waals surface area contributed by atoms with E-state index in [0.717, 1.165) is 16.3 Å². The highest BCUT2D eigenvalue weighted by molar-refractivity contribution is 6.00. The van der Waals surface area contributed by atoms with Crippen LogP contribution in [0.1, 0.15) is 43.1 Å². The first-order valence-corrected chi connectivity index (χ1v) is 12.0. The highest BCUT2D eigenvalue weighted by Crippen LogP contribution is 2.27. The molecule has 0 spiro atoms. The van der Waals surface area contributed by atoms with Crippen molar-refractivity contribution in [1.82, 2.24) is 5.32 Å². The van der Waals surface area contributed by atoms with Crippen molar-refractivity contribution in [3.8, 4) is 5.75 Å². The lowest BCUT2D eigenvalue weighted by Crippen LogP contribution is -2.42. The summed E-state index contributed by atoms with van der Waals surface area (Å²) in [5, 5.41) is 17.2. The standard InChI is InChI=1S/C28H33N3O5/c1-4-22(29)27(33)30-23-12-11-21(15-25(23)36-16-17(2)3)26(32)31-24(28(34)35)14-18-9-10-19-7-5-6-8-20(19)13-18/h5-13,15,17,22,24H,4,14,16,29H2,1-3H3,(H,30,33)(H,31,32)(H,34,35)/t22-,24-/m0/s1. The molecule has 0 aliphatic heterocycles. The van der Waals surface area contributed by atoms with E-state index in [2.05, 4.69) is 10.6 Å². The van der Waals surface area contributed by atoms with Gasteiger partial charge in [-0.05, 0) is 46.9 Å². The van der Waals surface area contributed by atoms with Gasteiger partial charge in [0, 0.05) is 12.0 Å². The largest absolute Gasteiger partial charge is 0.491 e. The number of rotatable bonds is 11. The fourth-order valence-corrected chi connectivity index (χ4v) is 3.60. The summed E-state index contributed by atoms with van der Waals surface area (Å²) >= 11 is 0. The number of anilines is 1. The Bertz CT molecular complexity index is 1240. The maximum Gasteiger partial charge on any atom is 0.326 e. The predicted molar refractivity (Wildman–Crippen MR) is 140 cm³/mol. The second-order valence-electron chi connectivity index (χ2n) is 9.17. The van der Waals surface area contributed by atoms with Gasteiger partial charge in [0.2, 0.25) is 5.91 Å². The van der Waals surface area contributed by atoms with Crippen LogP contribution < -0.4 is 21.1 Å². The molecule has 8 heteroatoms. The summed E-state index contributed by atoms with van der Waals surface area (Å²) < 4.78 is 5.84. The molecule has 2 atom stereocenters. The molecule has 0 aromatic heterocycles. The minimum atomic E-state index is -1.13. The third-order valence-electron chi connectivity index (χ3n) is 5.71. The van der Waals surface area contributed by atoms with E-state index in [-0.39, 0.29) is 23.8 Å². The van der Waals surface area contributed by atoms with E-state index in [1.165, 1.54) is 12.1 Å². The number of amides is 2. The van der Waals surface area contributed by atoms with Gasteiger partial charge in [-0.3, -0.25) is 9.59 Å². The van der Waals surface area contributed by atoms with Crippen molar-refractivity contribution in [2.45, 2.75) is 45.7 Å². The Hall–Kier alpha value is -3.91. The average molecular weight is 492 g/mol. The van der Waals surface area contributed by atoms with E-state index >= 15 is 0 Å². The maximum absolute atomic E-state index is 13.0. The number of carboxylic acids is 1. The summed E-state index contributed by atoms with van der Waals surface area (Å²) in [4.78, 5) is 37.2. The molecule has 0 heterocycles. The zero-order valence-electron chi connectivity index (χ0n) is 20.8. The van der Waals surface area contributed by atoms with E-state index in [9.17, 15) is 19.5 Å². The SMILES string of the molecule is CC[C@H](N)C(=O)Nc1ccc(C(=O)N[C@@H](Cc2ccc3ccccc3c2)C(=O)O)cc1OCC(C)C. The molecule has 3 rings (SSSR count). The van der Waals surface area contributed by atoms with E-state index in [4.69, 9.17) is 10.5 Å². The van der Waals surface area contributed by atoms with E-state index in [1.807, 2.05) is 63.2 Å². The van der Waals surface area contributed by atoms with E-state index < -0.39 is 24.0 Å². The number of hydrogen-bond acceptors (Lipinski definition) is 5. The first-order chi connectivity index (χ1) is 17.2. The van der Waals surface area contributed by atoms with Crippen molar-refractivity contribution in [2.75, 3.05) is 11.9 Å². The van der Waals surface area contributed by atoms with Crippen molar-refractivity contribution < 1.29 is 24.2 Å². The molecular weight excluding hydrogens is 458 g/mol. The minimum absolute atomic E-state index is 0.131. The molecule has 3 aromatic rings. The Kier molecular flexibility index (Phi) is 9.02. The molecule has 3 aromatic carbocycles. The van der Waals surface area contributed by atoms with Crippen LogP contribution in [0.2, 0.25) is 0 Å². The highest BCUT2D eigenvalue weighted by Gasteiger charge is 2.23. The molecule has 0 bridgehead atoms. The van der Waals surface area contributed by atoms with Crippen molar-refractivity contribution in [1.29, 1.82) is 0 Å². The number of carbonyl (C=O) groups excluding carboxylic acids is 2. The summed E-state index contributed by atoms with van der Waals surface area (Å²) in [6, 6.07) is 16.3.